The van der Waals surface area contributed by atoms with Crippen LogP contribution in [-0.4, -0.2) is 36.8 Å². The van der Waals surface area contributed by atoms with Gasteiger partial charge in [-0.15, -0.1) is 12.6 Å². The molecule has 0 spiro atoms. The van der Waals surface area contributed by atoms with E-state index in [0.29, 0.717) is 19.3 Å². The van der Waals surface area contributed by atoms with Crippen LogP contribution in [0.3, 0.4) is 0 Å². The van der Waals surface area contributed by atoms with Crippen LogP contribution in [0.1, 0.15) is 57.2 Å². The number of allylic oxidation sites excluding steroid dienone is 1. The van der Waals surface area contributed by atoms with Crippen LogP contribution in [-0.2, 0) is 11.2 Å². The molecule has 4 aliphatic carbocycles. The van der Waals surface area contributed by atoms with E-state index < -0.39 is 33.9 Å². The van der Waals surface area contributed by atoms with Crippen molar-refractivity contribution in [3.05, 3.63) is 52.9 Å². The third-order valence-electron chi connectivity index (χ3n) is 10.1. The van der Waals surface area contributed by atoms with Crippen LogP contribution in [0.5, 0.6) is 0 Å². The molecule has 0 amide bonds. The van der Waals surface area contributed by atoms with E-state index in [9.17, 15) is 23.8 Å². The Balaban J connectivity index is 1.39. The molecule has 35 heavy (non-hydrogen) atoms. The number of aromatic nitrogens is 2. The molecule has 0 saturated heterocycles. The van der Waals surface area contributed by atoms with Crippen molar-refractivity contribution in [1.82, 2.24) is 9.78 Å². The van der Waals surface area contributed by atoms with Gasteiger partial charge in [0.05, 0.1) is 18.0 Å². The van der Waals surface area contributed by atoms with Crippen LogP contribution in [0.4, 0.5) is 8.78 Å². The number of thiol groups is 1. The first kappa shape index (κ1) is 23.4. The minimum Gasteiger partial charge on any atom is -0.393 e. The van der Waals surface area contributed by atoms with Gasteiger partial charge in [-0.05, 0) is 85.5 Å². The first-order valence-corrected chi connectivity index (χ1v) is 12.8. The van der Waals surface area contributed by atoms with Crippen molar-refractivity contribution in [1.29, 1.82) is 0 Å². The number of benzene rings is 1. The first-order chi connectivity index (χ1) is 16.5. The Morgan fingerprint density at radius 1 is 1.26 bits per heavy atom. The van der Waals surface area contributed by atoms with Gasteiger partial charge < -0.3 is 10.2 Å². The molecule has 2 N–H and O–H groups in total. The fourth-order valence-corrected chi connectivity index (χ4v) is 8.75. The van der Waals surface area contributed by atoms with E-state index in [4.69, 9.17) is 0 Å². The van der Waals surface area contributed by atoms with Gasteiger partial charge in [-0.3, -0.25) is 4.79 Å². The molecule has 6 rings (SSSR count). The van der Waals surface area contributed by atoms with Crippen molar-refractivity contribution in [3.63, 3.8) is 0 Å². The predicted octanol–water partition coefficient (Wildman–Crippen LogP) is 4.49. The number of aliphatic hydroxyl groups is 2. The molecule has 5 nitrogen and oxygen atoms in total. The van der Waals surface area contributed by atoms with E-state index in [-0.39, 0.29) is 28.9 Å². The molecule has 3 fully saturated rings. The van der Waals surface area contributed by atoms with Crippen LogP contribution < -0.4 is 0 Å². The fourth-order valence-electron chi connectivity index (χ4n) is 8.39. The smallest absolute Gasteiger partial charge is 0.218 e. The Bertz CT molecular complexity index is 1280. The summed E-state index contributed by atoms with van der Waals surface area (Å²) in [6.45, 7) is 4.15. The van der Waals surface area contributed by atoms with Gasteiger partial charge in [0, 0.05) is 11.5 Å². The lowest BCUT2D eigenvalue weighted by Gasteiger charge is -2.60. The van der Waals surface area contributed by atoms with Gasteiger partial charge in [0.15, 0.2) is 5.82 Å². The lowest BCUT2D eigenvalue weighted by Crippen LogP contribution is -2.61. The molecule has 7 atom stereocenters. The standard InChI is InChI=1S/C27H30F2N2O3S/c1-25-11-14-13-30-31(20-6-4-16(28)10-19(20)29)21(14)9-15(25)3-5-17-18-7-8-27(34,24(33)35)26(18,2)12-22(32)23(17)25/h4,6,9-10,13,17-18,22-23,32,34H,3,5,7-8,11-12H2,1-2H3,(H,33,35)/t17-,18-,22-,23+,25-,26-,27-/m0/s1. The van der Waals surface area contributed by atoms with Crippen LogP contribution >= 0.6 is 12.6 Å². The summed E-state index contributed by atoms with van der Waals surface area (Å²) in [4.78, 5) is 12.4. The summed E-state index contributed by atoms with van der Waals surface area (Å²) >= 11 is 4.03. The summed E-state index contributed by atoms with van der Waals surface area (Å²) in [6, 6.07) is 3.49. The molecule has 0 aliphatic heterocycles. The monoisotopic (exact) mass is 500 g/mol. The van der Waals surface area contributed by atoms with Crippen molar-refractivity contribution in [3.8, 4) is 5.69 Å². The van der Waals surface area contributed by atoms with Gasteiger partial charge in [-0.2, -0.15) is 5.10 Å². The highest BCUT2D eigenvalue weighted by atomic mass is 32.1. The van der Waals surface area contributed by atoms with E-state index in [2.05, 4.69) is 30.7 Å². The molecule has 1 heterocycles. The Morgan fingerprint density at radius 3 is 2.74 bits per heavy atom. The number of hydrogen-bond acceptors (Lipinski definition) is 4. The third-order valence-corrected chi connectivity index (χ3v) is 10.4. The first-order valence-electron chi connectivity index (χ1n) is 12.4. The largest absolute Gasteiger partial charge is 0.393 e. The number of rotatable bonds is 2. The second-order valence-corrected chi connectivity index (χ2v) is 12.0. The zero-order valence-corrected chi connectivity index (χ0v) is 20.7. The maximum Gasteiger partial charge on any atom is 0.218 e. The number of halogens is 2. The fraction of sp³-hybridized carbons (Fsp3) is 0.556. The maximum atomic E-state index is 14.5. The number of fused-ring (bicyclic) bond motifs is 6. The summed E-state index contributed by atoms with van der Waals surface area (Å²) in [6.07, 6.45) is 6.97. The lowest BCUT2D eigenvalue weighted by atomic mass is 9.45. The molecule has 8 heteroatoms. The number of carbonyl (C=O) groups excluding carboxylic acids is 1. The molecule has 1 aromatic carbocycles. The van der Waals surface area contributed by atoms with Crippen LogP contribution in [0.25, 0.3) is 11.8 Å². The van der Waals surface area contributed by atoms with Gasteiger partial charge >= 0.3 is 0 Å². The second kappa shape index (κ2) is 7.49. The lowest BCUT2D eigenvalue weighted by molar-refractivity contribution is -0.173. The maximum absolute atomic E-state index is 14.5. The summed E-state index contributed by atoms with van der Waals surface area (Å²) < 4.78 is 29.5. The van der Waals surface area contributed by atoms with Crippen molar-refractivity contribution < 1.29 is 23.8 Å². The third kappa shape index (κ3) is 2.99. The zero-order valence-electron chi connectivity index (χ0n) is 19.8. The Kier molecular flexibility index (Phi) is 5.00. The van der Waals surface area contributed by atoms with Crippen LogP contribution in [0.15, 0.2) is 30.0 Å². The molecule has 4 aliphatic rings. The zero-order chi connectivity index (χ0) is 24.9. The molecule has 0 unspecified atom stereocenters. The molecular weight excluding hydrogens is 470 g/mol. The van der Waals surface area contributed by atoms with Crippen LogP contribution in [0.2, 0.25) is 0 Å². The summed E-state index contributed by atoms with van der Waals surface area (Å²) in [5.74, 6) is -1.00. The highest BCUT2D eigenvalue weighted by Crippen LogP contribution is 2.67. The van der Waals surface area contributed by atoms with E-state index in [1.54, 1.807) is 6.20 Å². The molecule has 1 aromatic heterocycles. The topological polar surface area (TPSA) is 75.3 Å². The van der Waals surface area contributed by atoms with E-state index in [1.807, 2.05) is 6.92 Å². The summed E-state index contributed by atoms with van der Waals surface area (Å²) in [5, 5.41) is 26.8. The summed E-state index contributed by atoms with van der Waals surface area (Å²) in [5.41, 5.74) is 0.659. The highest BCUT2D eigenvalue weighted by molar-refractivity contribution is 7.96. The van der Waals surface area contributed by atoms with Gasteiger partial charge in [0.2, 0.25) is 5.12 Å². The quantitative estimate of drug-likeness (QED) is 0.531. The average molecular weight is 501 g/mol. The van der Waals surface area contributed by atoms with Crippen molar-refractivity contribution >= 4 is 23.8 Å². The minimum atomic E-state index is -1.51. The highest BCUT2D eigenvalue weighted by Gasteiger charge is 2.68. The van der Waals surface area contributed by atoms with E-state index >= 15 is 0 Å². The van der Waals surface area contributed by atoms with Crippen molar-refractivity contribution in [2.24, 2.45) is 28.6 Å². The molecule has 186 valence electrons. The Labute approximate surface area is 208 Å². The van der Waals surface area contributed by atoms with Gasteiger partial charge in [-0.25, -0.2) is 13.5 Å². The van der Waals surface area contributed by atoms with E-state index in [0.717, 1.165) is 36.6 Å². The SMILES string of the molecule is C[C@]12Cc3cnn(-c4ccc(F)cc4F)c3C=C1CC[C@@H]1[C@@H]2[C@@H](O)C[C@@]2(C)[C@H]1CC[C@]2(O)C(=O)S. The number of nitrogens with zero attached hydrogens (tertiary/aromatic N) is 2. The normalized spacial score (nSPS) is 39.8. The van der Waals surface area contributed by atoms with Gasteiger partial charge in [-0.1, -0.05) is 19.4 Å². The number of hydrogen-bond donors (Lipinski definition) is 3. The minimum absolute atomic E-state index is 0.0167. The predicted molar refractivity (Wildman–Crippen MR) is 130 cm³/mol. The second-order valence-electron chi connectivity index (χ2n) is 11.6. The molecule has 3 saturated carbocycles. The van der Waals surface area contributed by atoms with Gasteiger partial charge in [0.1, 0.15) is 17.1 Å². The Morgan fingerprint density at radius 2 is 2.03 bits per heavy atom. The Hall–Kier alpha value is -2.03. The molecule has 0 bridgehead atoms. The molecular formula is C27H30F2N2O3S. The van der Waals surface area contributed by atoms with Crippen molar-refractivity contribution in [2.75, 3.05) is 0 Å². The summed E-state index contributed by atoms with van der Waals surface area (Å²) in [7, 11) is 0. The van der Waals surface area contributed by atoms with Gasteiger partial charge in [0.25, 0.3) is 0 Å². The van der Waals surface area contributed by atoms with E-state index in [1.165, 1.54) is 22.4 Å². The van der Waals surface area contributed by atoms with Crippen molar-refractivity contribution in [2.45, 2.75) is 64.1 Å². The molecule has 2 aromatic rings. The number of carbonyl (C=O) groups is 1. The molecule has 0 radical (unpaired) electrons. The van der Waals surface area contributed by atoms with Crippen LogP contribution in [0, 0.1) is 40.2 Å². The number of aliphatic hydroxyl groups excluding tert-OH is 1. The average Bonchev–Trinajstić information content (AvgIpc) is 3.29.